The maximum Gasteiger partial charge on any atom is 0.352 e. The minimum Gasteiger partial charge on any atom is -0.462 e. The zero-order chi connectivity index (χ0) is 12.6. The summed E-state index contributed by atoms with van der Waals surface area (Å²) in [4.78, 5) is 11.1. The number of hydrogen-bond donors (Lipinski definition) is 0. The third-order valence-electron chi connectivity index (χ3n) is 2.23. The summed E-state index contributed by atoms with van der Waals surface area (Å²) in [5, 5.41) is 0. The largest absolute Gasteiger partial charge is 0.462 e. The summed E-state index contributed by atoms with van der Waals surface area (Å²) in [5.74, 6) is -0.368. The van der Waals surface area contributed by atoms with Gasteiger partial charge in [0.05, 0.1) is 12.1 Å². The van der Waals surface area contributed by atoms with Gasteiger partial charge in [-0.05, 0) is 19.4 Å². The zero-order valence-corrected chi connectivity index (χ0v) is 11.8. The van der Waals surface area contributed by atoms with Crippen LogP contribution in [0.2, 0.25) is 6.04 Å². The quantitative estimate of drug-likeness (QED) is 0.222. The van der Waals surface area contributed by atoms with Crippen molar-refractivity contribution in [3.05, 3.63) is 12.2 Å². The van der Waals surface area contributed by atoms with Crippen molar-refractivity contribution in [3.8, 4) is 0 Å². The van der Waals surface area contributed by atoms with Crippen molar-refractivity contribution < 1.29 is 18.4 Å². The minimum absolute atomic E-state index is 0.337. The Morgan fingerprint density at radius 3 is 2.31 bits per heavy atom. The highest BCUT2D eigenvalue weighted by atomic mass is 35.5. The molecule has 0 saturated carbocycles. The van der Waals surface area contributed by atoms with Crippen molar-refractivity contribution in [2.45, 2.75) is 19.4 Å². The van der Waals surface area contributed by atoms with Gasteiger partial charge in [0.25, 0.3) is 0 Å². The molecule has 0 aliphatic carbocycles. The number of halogens is 1. The Morgan fingerprint density at radius 1 is 1.38 bits per heavy atom. The van der Waals surface area contributed by atoms with Crippen LogP contribution >= 0.6 is 11.6 Å². The number of esters is 1. The molecule has 0 saturated heterocycles. The van der Waals surface area contributed by atoms with Crippen LogP contribution in [0, 0.1) is 0 Å². The van der Waals surface area contributed by atoms with Gasteiger partial charge in [-0.1, -0.05) is 6.58 Å². The zero-order valence-electron chi connectivity index (χ0n) is 10.0. The second kappa shape index (κ2) is 7.84. The van der Waals surface area contributed by atoms with Crippen LogP contribution in [0.3, 0.4) is 0 Å². The smallest absolute Gasteiger partial charge is 0.352 e. The molecule has 0 rings (SSSR count). The van der Waals surface area contributed by atoms with Gasteiger partial charge in [0.2, 0.25) is 0 Å². The number of hydrogen-bond acceptors (Lipinski definition) is 4. The number of rotatable bonds is 8. The summed E-state index contributed by atoms with van der Waals surface area (Å²) >= 11 is 5.81. The lowest BCUT2D eigenvalue weighted by Crippen LogP contribution is -2.42. The molecule has 6 heteroatoms. The van der Waals surface area contributed by atoms with E-state index in [0.717, 1.165) is 0 Å². The van der Waals surface area contributed by atoms with E-state index in [0.29, 0.717) is 30.1 Å². The van der Waals surface area contributed by atoms with Crippen LogP contribution in [-0.2, 0) is 18.4 Å². The predicted octanol–water partition coefficient (Wildman–Crippen LogP) is 2.01. The van der Waals surface area contributed by atoms with E-state index < -0.39 is 8.56 Å². The van der Waals surface area contributed by atoms with E-state index in [4.69, 9.17) is 25.2 Å². The average molecular weight is 267 g/mol. The molecule has 0 unspecified atom stereocenters. The highest BCUT2D eigenvalue weighted by Crippen LogP contribution is 2.16. The fourth-order valence-electron chi connectivity index (χ4n) is 1.09. The second-order valence-corrected chi connectivity index (χ2v) is 7.68. The van der Waals surface area contributed by atoms with E-state index in [1.807, 2.05) is 0 Å². The van der Waals surface area contributed by atoms with E-state index in [-0.39, 0.29) is 5.97 Å². The molecule has 0 heterocycles. The second-order valence-electron chi connectivity index (χ2n) is 3.47. The summed E-state index contributed by atoms with van der Waals surface area (Å²) in [6.45, 7) is 5.45. The molecule has 16 heavy (non-hydrogen) atoms. The predicted molar refractivity (Wildman–Crippen MR) is 65.7 cm³/mol. The standard InChI is InChI=1S/C10H19ClO4Si/c1-9(2)10(12)15-6-5-7-16(8-11,13-3)14-4/h1,5-8H2,2-4H3. The van der Waals surface area contributed by atoms with Gasteiger partial charge in [-0.25, -0.2) is 4.79 Å². The van der Waals surface area contributed by atoms with E-state index in [1.165, 1.54) is 0 Å². The van der Waals surface area contributed by atoms with Crippen molar-refractivity contribution in [3.63, 3.8) is 0 Å². The number of alkyl halides is 1. The molecule has 0 aliphatic heterocycles. The maximum atomic E-state index is 11.1. The maximum absolute atomic E-state index is 11.1. The van der Waals surface area contributed by atoms with Crippen molar-refractivity contribution in [2.75, 3.05) is 26.3 Å². The first-order valence-corrected chi connectivity index (χ1v) is 7.76. The molecule has 0 aliphatic rings. The molecule has 94 valence electrons. The van der Waals surface area contributed by atoms with Crippen LogP contribution in [0.15, 0.2) is 12.2 Å². The highest BCUT2D eigenvalue weighted by Gasteiger charge is 2.33. The topological polar surface area (TPSA) is 44.8 Å². The average Bonchev–Trinajstić information content (AvgIpc) is 2.30. The Hall–Kier alpha value is -0.363. The highest BCUT2D eigenvalue weighted by molar-refractivity contribution is 6.74. The van der Waals surface area contributed by atoms with Gasteiger partial charge in [0, 0.05) is 19.8 Å². The lowest BCUT2D eigenvalue weighted by molar-refractivity contribution is -0.138. The van der Waals surface area contributed by atoms with Crippen molar-refractivity contribution in [2.24, 2.45) is 0 Å². The van der Waals surface area contributed by atoms with Gasteiger partial charge in [0.1, 0.15) is 0 Å². The summed E-state index contributed by atoms with van der Waals surface area (Å²) < 4.78 is 15.6. The molecule has 4 nitrogen and oxygen atoms in total. The molecule has 0 spiro atoms. The molecular formula is C10H19ClO4Si. The van der Waals surface area contributed by atoms with Crippen molar-refractivity contribution in [1.29, 1.82) is 0 Å². The summed E-state index contributed by atoms with van der Waals surface area (Å²) in [6, 6.07) is 0.701. The van der Waals surface area contributed by atoms with E-state index in [2.05, 4.69) is 6.58 Å². The van der Waals surface area contributed by atoms with Gasteiger partial charge in [-0.15, -0.1) is 11.6 Å². The minimum atomic E-state index is -2.26. The first kappa shape index (κ1) is 15.6. The monoisotopic (exact) mass is 266 g/mol. The van der Waals surface area contributed by atoms with Gasteiger partial charge >= 0.3 is 14.5 Å². The number of ether oxygens (including phenoxy) is 1. The normalized spacial score (nSPS) is 11.2. The molecule has 0 N–H and O–H groups in total. The Kier molecular flexibility index (Phi) is 7.66. The van der Waals surface area contributed by atoms with Crippen LogP contribution in [0.4, 0.5) is 0 Å². The Labute approximate surface area is 103 Å². The van der Waals surface area contributed by atoms with Gasteiger partial charge in [-0.3, -0.25) is 0 Å². The van der Waals surface area contributed by atoms with Crippen LogP contribution in [0.25, 0.3) is 0 Å². The van der Waals surface area contributed by atoms with Gasteiger partial charge < -0.3 is 13.6 Å². The third kappa shape index (κ3) is 5.11. The molecule has 0 atom stereocenters. The lowest BCUT2D eigenvalue weighted by atomic mass is 10.4. The molecular weight excluding hydrogens is 248 g/mol. The summed E-state index contributed by atoms with van der Waals surface area (Å²) in [5.41, 5.74) is 0.772. The first-order chi connectivity index (χ1) is 7.51. The molecule has 0 amide bonds. The fourth-order valence-corrected chi connectivity index (χ4v) is 3.76. The third-order valence-corrected chi connectivity index (χ3v) is 6.46. The number of carbonyl (C=O) groups is 1. The van der Waals surface area contributed by atoms with Crippen LogP contribution in [0.1, 0.15) is 13.3 Å². The van der Waals surface area contributed by atoms with E-state index in [1.54, 1.807) is 21.1 Å². The molecule has 0 fully saturated rings. The molecule has 0 aromatic carbocycles. The summed E-state index contributed by atoms with van der Waals surface area (Å²) in [7, 11) is 0.926. The fraction of sp³-hybridized carbons (Fsp3) is 0.700. The van der Waals surface area contributed by atoms with Gasteiger partial charge in [-0.2, -0.15) is 0 Å². The lowest BCUT2D eigenvalue weighted by Gasteiger charge is -2.24. The van der Waals surface area contributed by atoms with Crippen molar-refractivity contribution in [1.82, 2.24) is 0 Å². The van der Waals surface area contributed by atoms with E-state index >= 15 is 0 Å². The molecule has 0 radical (unpaired) electrons. The first-order valence-electron chi connectivity index (χ1n) is 5.00. The molecule has 0 bridgehead atoms. The van der Waals surface area contributed by atoms with Crippen LogP contribution in [-0.4, -0.2) is 40.9 Å². The van der Waals surface area contributed by atoms with Crippen LogP contribution in [0.5, 0.6) is 0 Å². The SMILES string of the molecule is C=C(C)C(=O)OCCC[Si](CCl)(OC)OC. The van der Waals surface area contributed by atoms with Crippen LogP contribution < -0.4 is 0 Å². The Morgan fingerprint density at radius 2 is 1.94 bits per heavy atom. The van der Waals surface area contributed by atoms with E-state index in [9.17, 15) is 4.79 Å². The molecule has 0 aromatic heterocycles. The number of carbonyl (C=O) groups excluding carboxylic acids is 1. The summed E-state index contributed by atoms with van der Waals surface area (Å²) in [6.07, 6.45) is 0.680. The Balaban J connectivity index is 3.88. The van der Waals surface area contributed by atoms with Gasteiger partial charge in [0.15, 0.2) is 0 Å². The van der Waals surface area contributed by atoms with Crippen molar-refractivity contribution >= 4 is 26.1 Å². The molecule has 0 aromatic rings. The Bertz CT molecular complexity index is 233.